The van der Waals surface area contributed by atoms with Gasteiger partial charge in [0, 0.05) is 60.4 Å². The Morgan fingerprint density at radius 1 is 1.20 bits per heavy atom. The number of piperazine rings is 1. The maximum absolute atomic E-state index is 16.4. The van der Waals surface area contributed by atoms with E-state index in [2.05, 4.69) is 26.3 Å². The van der Waals surface area contributed by atoms with Crippen LogP contribution in [0.4, 0.5) is 14.6 Å². The summed E-state index contributed by atoms with van der Waals surface area (Å²) in [6, 6.07) is 13.1. The van der Waals surface area contributed by atoms with Gasteiger partial charge >= 0.3 is 6.01 Å². The average Bonchev–Trinajstić information content (AvgIpc) is 3.28. The topological polar surface area (TPSA) is 90.2 Å². The summed E-state index contributed by atoms with van der Waals surface area (Å²) in [5.74, 6) is -0.120. The van der Waals surface area contributed by atoms with Gasteiger partial charge in [-0.15, -0.1) is 0 Å². The lowest BCUT2D eigenvalue weighted by molar-refractivity contribution is 0.188. The van der Waals surface area contributed by atoms with Gasteiger partial charge in [-0.05, 0) is 24.9 Å². The number of likely N-dealkylation sites (N-methyl/N-ethyl adjacent to an activating group) is 1. The molecule has 2 fully saturated rings. The van der Waals surface area contributed by atoms with Crippen LogP contribution < -0.4 is 15.0 Å². The molecule has 0 aliphatic carbocycles. The third kappa shape index (κ3) is 5.01. The van der Waals surface area contributed by atoms with Crippen molar-refractivity contribution < 1.29 is 13.5 Å². The van der Waals surface area contributed by atoms with E-state index in [0.29, 0.717) is 66.2 Å². The summed E-state index contributed by atoms with van der Waals surface area (Å²) in [5.41, 5.74) is 0.760. The number of halogens is 3. The van der Waals surface area contributed by atoms with Crippen molar-refractivity contribution in [1.29, 1.82) is 5.26 Å². The summed E-state index contributed by atoms with van der Waals surface area (Å²) in [7, 11) is 1.85. The second kappa shape index (κ2) is 11.1. The maximum atomic E-state index is 16.4. The first-order valence-electron chi connectivity index (χ1n) is 13.3. The van der Waals surface area contributed by atoms with E-state index in [1.54, 1.807) is 18.3 Å². The van der Waals surface area contributed by atoms with Gasteiger partial charge in [-0.25, -0.2) is 8.78 Å². The van der Waals surface area contributed by atoms with E-state index in [1.807, 2.05) is 41.1 Å². The van der Waals surface area contributed by atoms with Gasteiger partial charge < -0.3 is 15.0 Å². The molecule has 40 heavy (non-hydrogen) atoms. The summed E-state index contributed by atoms with van der Waals surface area (Å²) in [5, 5.41) is 15.1. The van der Waals surface area contributed by atoms with E-state index in [1.165, 1.54) is 0 Å². The molecule has 4 heterocycles. The number of nitrogens with zero attached hydrogens (tertiary/aromatic N) is 6. The largest absolute Gasteiger partial charge is 0.462 e. The van der Waals surface area contributed by atoms with Crippen LogP contribution in [0.3, 0.4) is 0 Å². The lowest BCUT2D eigenvalue weighted by atomic mass is 10.0. The fraction of sp³-hybridized carbons (Fsp3) is 0.379. The van der Waals surface area contributed by atoms with Crippen LogP contribution in [-0.2, 0) is 0 Å². The van der Waals surface area contributed by atoms with Crippen LogP contribution in [0, 0.1) is 17.1 Å². The minimum absolute atomic E-state index is 0.0144. The van der Waals surface area contributed by atoms with Gasteiger partial charge in [0.15, 0.2) is 5.82 Å². The van der Waals surface area contributed by atoms with Crippen molar-refractivity contribution in [2.24, 2.45) is 0 Å². The number of nitriles is 1. The number of benzene rings is 2. The fourth-order valence-corrected chi connectivity index (χ4v) is 5.93. The average molecular weight is 564 g/mol. The Balaban J connectivity index is 1.46. The number of nitrogens with one attached hydrogen (secondary N) is 1. The second-order valence-electron chi connectivity index (χ2n) is 10.4. The minimum Gasteiger partial charge on any atom is -0.462 e. The highest BCUT2D eigenvalue weighted by Gasteiger charge is 2.31. The Labute approximate surface area is 235 Å². The normalized spacial score (nSPS) is 21.7. The summed E-state index contributed by atoms with van der Waals surface area (Å²) in [6.45, 7) is 2.28. The Bertz CT molecular complexity index is 1610. The molecule has 11 heteroatoms. The van der Waals surface area contributed by atoms with E-state index in [4.69, 9.17) is 16.3 Å². The molecule has 2 saturated heterocycles. The molecule has 0 bridgehead atoms. The van der Waals surface area contributed by atoms with Crippen molar-refractivity contribution in [2.75, 3.05) is 44.7 Å². The van der Waals surface area contributed by atoms with Crippen LogP contribution in [0.5, 0.6) is 6.01 Å². The van der Waals surface area contributed by atoms with E-state index >= 15 is 4.39 Å². The summed E-state index contributed by atoms with van der Waals surface area (Å²) in [4.78, 5) is 17.6. The number of likely N-dealkylation sites (tertiary alicyclic amines) is 1. The highest BCUT2D eigenvalue weighted by molar-refractivity contribution is 6.36. The van der Waals surface area contributed by atoms with Crippen molar-refractivity contribution >= 4 is 39.1 Å². The third-order valence-electron chi connectivity index (χ3n) is 7.69. The Kier molecular flexibility index (Phi) is 7.36. The lowest BCUT2D eigenvalue weighted by Gasteiger charge is -2.34. The van der Waals surface area contributed by atoms with Crippen molar-refractivity contribution in [1.82, 2.24) is 25.2 Å². The SMILES string of the molecule is CN1C[C@H](F)C[C@H]1COc1nc(N2CCN[C@@H](CC#N)C2)c2cnc(-c3cccc4cccc(Cl)c34)c(F)c2n1. The van der Waals surface area contributed by atoms with E-state index < -0.39 is 12.0 Å². The van der Waals surface area contributed by atoms with E-state index in [-0.39, 0.29) is 35.9 Å². The predicted octanol–water partition coefficient (Wildman–Crippen LogP) is 4.75. The van der Waals surface area contributed by atoms with Gasteiger partial charge in [-0.1, -0.05) is 41.9 Å². The molecular formula is C29H28ClF2N7O. The van der Waals surface area contributed by atoms with Gasteiger partial charge in [0.25, 0.3) is 0 Å². The first-order valence-corrected chi connectivity index (χ1v) is 13.7. The molecule has 0 saturated carbocycles. The van der Waals surface area contributed by atoms with Crippen LogP contribution in [0.15, 0.2) is 42.6 Å². The van der Waals surface area contributed by atoms with Gasteiger partial charge in [0.1, 0.15) is 29.8 Å². The van der Waals surface area contributed by atoms with Gasteiger partial charge in [-0.2, -0.15) is 15.2 Å². The second-order valence-corrected chi connectivity index (χ2v) is 10.8. The van der Waals surface area contributed by atoms with Crippen molar-refractivity contribution in [3.05, 3.63) is 53.4 Å². The molecular weight excluding hydrogens is 536 g/mol. The quantitative estimate of drug-likeness (QED) is 0.359. The molecule has 3 atom stereocenters. The molecule has 2 aromatic carbocycles. The number of alkyl halides is 1. The molecule has 2 aliphatic heterocycles. The molecule has 206 valence electrons. The first kappa shape index (κ1) is 26.6. The molecule has 0 unspecified atom stereocenters. The summed E-state index contributed by atoms with van der Waals surface area (Å²) in [6.07, 6.45) is 1.36. The van der Waals surface area contributed by atoms with Crippen molar-refractivity contribution in [3.63, 3.8) is 0 Å². The van der Waals surface area contributed by atoms with E-state index in [0.717, 1.165) is 5.39 Å². The zero-order valence-corrected chi connectivity index (χ0v) is 22.7. The Hall–Kier alpha value is -3.65. The molecule has 0 radical (unpaired) electrons. The van der Waals surface area contributed by atoms with E-state index in [9.17, 15) is 9.65 Å². The zero-order valence-electron chi connectivity index (χ0n) is 21.9. The minimum atomic E-state index is -0.914. The van der Waals surface area contributed by atoms with Crippen LogP contribution >= 0.6 is 11.6 Å². The van der Waals surface area contributed by atoms with Crippen molar-refractivity contribution in [2.45, 2.75) is 31.1 Å². The lowest BCUT2D eigenvalue weighted by Crippen LogP contribution is -2.51. The number of pyridine rings is 1. The van der Waals surface area contributed by atoms with Crippen LogP contribution in [-0.4, -0.2) is 77.9 Å². The monoisotopic (exact) mass is 563 g/mol. The first-order chi connectivity index (χ1) is 19.4. The molecule has 2 aromatic heterocycles. The van der Waals surface area contributed by atoms with Crippen LogP contribution in [0.2, 0.25) is 5.02 Å². The molecule has 1 N–H and O–H groups in total. The Morgan fingerprint density at radius 2 is 2.02 bits per heavy atom. The van der Waals surface area contributed by atoms with Crippen LogP contribution in [0.25, 0.3) is 32.9 Å². The molecule has 2 aliphatic rings. The Morgan fingerprint density at radius 3 is 2.80 bits per heavy atom. The fourth-order valence-electron chi connectivity index (χ4n) is 5.65. The molecule has 4 aromatic rings. The number of hydrogen-bond acceptors (Lipinski definition) is 8. The number of ether oxygens (including phenoxy) is 1. The molecule has 0 amide bonds. The highest BCUT2D eigenvalue weighted by atomic mass is 35.5. The van der Waals surface area contributed by atoms with Crippen molar-refractivity contribution in [3.8, 4) is 23.3 Å². The van der Waals surface area contributed by atoms with Crippen LogP contribution in [0.1, 0.15) is 12.8 Å². The summed E-state index contributed by atoms with van der Waals surface area (Å²) >= 11 is 6.54. The number of fused-ring (bicyclic) bond motifs is 2. The number of aromatic nitrogens is 3. The zero-order chi connectivity index (χ0) is 27.8. The smallest absolute Gasteiger partial charge is 0.319 e. The molecule has 6 rings (SSSR count). The number of hydrogen-bond donors (Lipinski definition) is 1. The standard InChI is InChI=1S/C29H28ClF2N7O/c1-38-14-18(31)12-20(38)16-40-29-36-27-22(28(37-29)39-11-10-34-19(15-39)8-9-33)13-35-26(25(27)32)21-6-2-4-17-5-3-7-23(30)24(17)21/h2-7,13,18-20,34H,8,10-12,14-16H2,1H3/t18-,19+,20+/m1/s1. The van der Waals surface area contributed by atoms with Gasteiger partial charge in [0.05, 0.1) is 17.9 Å². The predicted molar refractivity (Wildman–Crippen MR) is 151 cm³/mol. The van der Waals surface area contributed by atoms with Gasteiger partial charge in [-0.3, -0.25) is 9.88 Å². The molecule has 8 nitrogen and oxygen atoms in total. The summed E-state index contributed by atoms with van der Waals surface area (Å²) < 4.78 is 36.3. The highest BCUT2D eigenvalue weighted by Crippen LogP contribution is 2.37. The van der Waals surface area contributed by atoms with Gasteiger partial charge in [0.2, 0.25) is 0 Å². The third-order valence-corrected chi connectivity index (χ3v) is 8.00. The molecule has 0 spiro atoms. The maximum Gasteiger partial charge on any atom is 0.319 e. The number of rotatable bonds is 6. The number of anilines is 1.